The van der Waals surface area contributed by atoms with E-state index in [1.807, 2.05) is 19.0 Å². The highest BCUT2D eigenvalue weighted by Gasteiger charge is 2.07. The maximum Gasteiger partial charge on any atom is 0.251 e. The third-order valence-corrected chi connectivity index (χ3v) is 2.08. The first-order valence-corrected chi connectivity index (χ1v) is 4.95. The minimum absolute atomic E-state index is 0.232. The van der Waals surface area contributed by atoms with Crippen molar-refractivity contribution in [1.82, 2.24) is 10.2 Å². The van der Waals surface area contributed by atoms with Gasteiger partial charge in [0.1, 0.15) is 0 Å². The van der Waals surface area contributed by atoms with Gasteiger partial charge in [0.05, 0.1) is 0 Å². The summed E-state index contributed by atoms with van der Waals surface area (Å²) in [6.45, 7) is 1.28. The lowest BCUT2D eigenvalue weighted by atomic mass is 10.2. The van der Waals surface area contributed by atoms with Gasteiger partial charge in [-0.25, -0.2) is 0 Å². The Morgan fingerprint density at radius 1 is 1.31 bits per heavy atom. The van der Waals surface area contributed by atoms with Gasteiger partial charge in [0.15, 0.2) is 11.5 Å². The number of benzene rings is 1. The molecule has 5 nitrogen and oxygen atoms in total. The lowest BCUT2D eigenvalue weighted by Crippen LogP contribution is -2.31. The molecule has 0 fully saturated rings. The average Bonchev–Trinajstić information content (AvgIpc) is 2.21. The molecule has 0 spiro atoms. The molecular weight excluding hydrogens is 208 g/mol. The molecule has 3 N–H and O–H groups in total. The summed E-state index contributed by atoms with van der Waals surface area (Å²) in [6, 6.07) is 3.98. The number of nitrogens with zero attached hydrogens (tertiary/aromatic N) is 1. The van der Waals surface area contributed by atoms with Crippen LogP contribution in [0.1, 0.15) is 10.4 Å². The van der Waals surface area contributed by atoms with E-state index >= 15 is 0 Å². The summed E-state index contributed by atoms with van der Waals surface area (Å²) in [5.74, 6) is -0.790. The van der Waals surface area contributed by atoms with E-state index in [-0.39, 0.29) is 17.4 Å². The number of phenols is 2. The van der Waals surface area contributed by atoms with E-state index in [9.17, 15) is 9.90 Å². The Morgan fingerprint density at radius 2 is 2.00 bits per heavy atom. The molecule has 1 rings (SSSR count). The molecule has 0 unspecified atom stereocenters. The number of hydrogen-bond donors (Lipinski definition) is 3. The van der Waals surface area contributed by atoms with E-state index in [1.54, 1.807) is 0 Å². The third-order valence-electron chi connectivity index (χ3n) is 2.08. The lowest BCUT2D eigenvalue weighted by Gasteiger charge is -2.10. The van der Waals surface area contributed by atoms with Crippen molar-refractivity contribution in [2.75, 3.05) is 27.2 Å². The van der Waals surface area contributed by atoms with E-state index in [1.165, 1.54) is 18.2 Å². The standard InChI is InChI=1S/C11H16N2O3/c1-13(2)6-5-12-11(16)8-3-4-9(14)10(15)7-8/h3-4,7,14-15H,5-6H2,1-2H3,(H,12,16). The van der Waals surface area contributed by atoms with Gasteiger partial charge in [0, 0.05) is 18.7 Å². The van der Waals surface area contributed by atoms with Crippen LogP contribution in [-0.4, -0.2) is 48.2 Å². The summed E-state index contributed by atoms with van der Waals surface area (Å²) >= 11 is 0. The molecule has 0 aliphatic carbocycles. The number of phenolic OH excluding ortho intramolecular Hbond substituents is 2. The summed E-state index contributed by atoms with van der Waals surface area (Å²) in [6.07, 6.45) is 0. The van der Waals surface area contributed by atoms with E-state index in [0.29, 0.717) is 12.1 Å². The van der Waals surface area contributed by atoms with Crippen LogP contribution in [-0.2, 0) is 0 Å². The number of likely N-dealkylation sites (N-methyl/N-ethyl adjacent to an activating group) is 1. The van der Waals surface area contributed by atoms with Gasteiger partial charge in [-0.1, -0.05) is 0 Å². The Labute approximate surface area is 94.3 Å². The van der Waals surface area contributed by atoms with Gasteiger partial charge >= 0.3 is 0 Å². The molecule has 0 aliphatic rings. The fourth-order valence-corrected chi connectivity index (χ4v) is 1.16. The molecule has 1 amide bonds. The molecule has 0 atom stereocenters. The minimum atomic E-state index is -0.291. The highest BCUT2D eigenvalue weighted by Crippen LogP contribution is 2.24. The van der Waals surface area contributed by atoms with Crippen molar-refractivity contribution in [3.05, 3.63) is 23.8 Å². The Kier molecular flexibility index (Phi) is 4.13. The molecule has 0 aromatic heterocycles. The van der Waals surface area contributed by atoms with Crippen molar-refractivity contribution in [2.24, 2.45) is 0 Å². The van der Waals surface area contributed by atoms with Crippen LogP contribution in [0.4, 0.5) is 0 Å². The topological polar surface area (TPSA) is 72.8 Å². The zero-order valence-corrected chi connectivity index (χ0v) is 9.40. The summed E-state index contributed by atoms with van der Waals surface area (Å²) in [4.78, 5) is 13.5. The molecule has 5 heteroatoms. The number of rotatable bonds is 4. The summed E-state index contributed by atoms with van der Waals surface area (Å²) in [7, 11) is 3.83. The quantitative estimate of drug-likeness (QED) is 0.647. The largest absolute Gasteiger partial charge is 0.504 e. The van der Waals surface area contributed by atoms with Crippen LogP contribution in [0.2, 0.25) is 0 Å². The SMILES string of the molecule is CN(C)CCNC(=O)c1ccc(O)c(O)c1. The van der Waals surface area contributed by atoms with Crippen molar-refractivity contribution < 1.29 is 15.0 Å². The average molecular weight is 224 g/mol. The number of carbonyl (C=O) groups excluding carboxylic acids is 1. The van der Waals surface area contributed by atoms with E-state index < -0.39 is 0 Å². The summed E-state index contributed by atoms with van der Waals surface area (Å²) < 4.78 is 0. The molecule has 0 heterocycles. The Hall–Kier alpha value is -1.75. The first-order chi connectivity index (χ1) is 7.50. The van der Waals surface area contributed by atoms with Gasteiger partial charge in [0.2, 0.25) is 0 Å². The Balaban J connectivity index is 2.56. The van der Waals surface area contributed by atoms with Gasteiger partial charge in [-0.2, -0.15) is 0 Å². The number of amides is 1. The zero-order valence-electron chi connectivity index (χ0n) is 9.40. The molecule has 16 heavy (non-hydrogen) atoms. The van der Waals surface area contributed by atoms with Gasteiger partial charge in [-0.15, -0.1) is 0 Å². The fraction of sp³-hybridized carbons (Fsp3) is 0.364. The Morgan fingerprint density at radius 3 is 2.56 bits per heavy atom. The first kappa shape index (κ1) is 12.3. The first-order valence-electron chi connectivity index (χ1n) is 4.95. The predicted octanol–water partition coefficient (Wildman–Crippen LogP) is 0.389. The van der Waals surface area contributed by atoms with Gasteiger partial charge in [-0.05, 0) is 32.3 Å². The van der Waals surface area contributed by atoms with E-state index in [2.05, 4.69) is 5.32 Å². The molecular formula is C11H16N2O3. The monoisotopic (exact) mass is 224 g/mol. The molecule has 0 radical (unpaired) electrons. The second-order valence-electron chi connectivity index (χ2n) is 3.76. The molecule has 88 valence electrons. The Bertz CT molecular complexity index is 377. The normalized spacial score (nSPS) is 10.4. The number of carbonyl (C=O) groups is 1. The number of hydrogen-bond acceptors (Lipinski definition) is 4. The van der Waals surface area contributed by atoms with Crippen molar-refractivity contribution in [1.29, 1.82) is 0 Å². The van der Waals surface area contributed by atoms with E-state index in [4.69, 9.17) is 5.11 Å². The second-order valence-corrected chi connectivity index (χ2v) is 3.76. The lowest BCUT2D eigenvalue weighted by molar-refractivity contribution is 0.0950. The zero-order chi connectivity index (χ0) is 12.1. The third kappa shape index (κ3) is 3.43. The molecule has 0 bridgehead atoms. The molecule has 0 aliphatic heterocycles. The maximum atomic E-state index is 11.6. The smallest absolute Gasteiger partial charge is 0.251 e. The van der Waals surface area contributed by atoms with Crippen molar-refractivity contribution in [2.45, 2.75) is 0 Å². The second kappa shape index (κ2) is 5.37. The van der Waals surface area contributed by atoms with Gasteiger partial charge in [-0.3, -0.25) is 4.79 Å². The highest BCUT2D eigenvalue weighted by atomic mass is 16.3. The van der Waals surface area contributed by atoms with Crippen LogP contribution in [0.3, 0.4) is 0 Å². The van der Waals surface area contributed by atoms with Crippen LogP contribution >= 0.6 is 0 Å². The molecule has 1 aromatic carbocycles. The van der Waals surface area contributed by atoms with Crippen LogP contribution in [0.25, 0.3) is 0 Å². The number of aromatic hydroxyl groups is 2. The molecule has 0 saturated carbocycles. The molecule has 1 aromatic rings. The van der Waals surface area contributed by atoms with Crippen LogP contribution in [0.5, 0.6) is 11.5 Å². The minimum Gasteiger partial charge on any atom is -0.504 e. The van der Waals surface area contributed by atoms with Crippen molar-refractivity contribution in [3.8, 4) is 11.5 Å². The predicted molar refractivity (Wildman–Crippen MR) is 60.7 cm³/mol. The van der Waals surface area contributed by atoms with Crippen LogP contribution in [0.15, 0.2) is 18.2 Å². The highest BCUT2D eigenvalue weighted by molar-refractivity contribution is 5.94. The summed E-state index contributed by atoms with van der Waals surface area (Å²) in [5, 5.41) is 21.0. The van der Waals surface area contributed by atoms with Gasteiger partial charge < -0.3 is 20.4 Å². The van der Waals surface area contributed by atoms with E-state index in [0.717, 1.165) is 6.54 Å². The van der Waals surface area contributed by atoms with Crippen molar-refractivity contribution >= 4 is 5.91 Å². The van der Waals surface area contributed by atoms with Crippen LogP contribution in [0, 0.1) is 0 Å². The number of nitrogens with one attached hydrogen (secondary N) is 1. The van der Waals surface area contributed by atoms with Gasteiger partial charge in [0.25, 0.3) is 5.91 Å². The van der Waals surface area contributed by atoms with Crippen LogP contribution < -0.4 is 5.32 Å². The van der Waals surface area contributed by atoms with Crippen molar-refractivity contribution in [3.63, 3.8) is 0 Å². The summed E-state index contributed by atoms with van der Waals surface area (Å²) in [5.41, 5.74) is 0.328. The molecule has 0 saturated heterocycles. The fourth-order valence-electron chi connectivity index (χ4n) is 1.16. The maximum absolute atomic E-state index is 11.6.